The Morgan fingerprint density at radius 3 is 2.94 bits per heavy atom. The topological polar surface area (TPSA) is 35.2 Å². The molecule has 1 aromatic rings. The molecule has 0 spiro atoms. The van der Waals surface area contributed by atoms with Gasteiger partial charge < -0.3 is 10.5 Å². The lowest BCUT2D eigenvalue weighted by molar-refractivity contribution is 0.183. The summed E-state index contributed by atoms with van der Waals surface area (Å²) in [6.07, 6.45) is 5.32. The molecule has 94 valence electrons. The van der Waals surface area contributed by atoms with Gasteiger partial charge in [0.05, 0.1) is 12.3 Å². The van der Waals surface area contributed by atoms with Crippen LogP contribution in [0.25, 0.3) is 0 Å². The minimum Gasteiger partial charge on any atom is -0.491 e. The Bertz CT molecular complexity index is 375. The van der Waals surface area contributed by atoms with Crippen LogP contribution in [-0.4, -0.2) is 6.61 Å². The molecular weight excluding hydrogens is 210 g/mol. The van der Waals surface area contributed by atoms with Crippen molar-refractivity contribution >= 4 is 5.69 Å². The number of anilines is 1. The van der Waals surface area contributed by atoms with Gasteiger partial charge >= 0.3 is 0 Å². The highest BCUT2D eigenvalue weighted by Crippen LogP contribution is 2.30. The molecule has 0 heterocycles. The molecule has 1 aromatic carbocycles. The first-order valence-electron chi connectivity index (χ1n) is 6.64. The predicted molar refractivity (Wildman–Crippen MR) is 72.2 cm³/mol. The molecule has 2 unspecified atom stereocenters. The second-order valence-electron chi connectivity index (χ2n) is 5.44. The lowest BCUT2D eigenvalue weighted by atomic mass is 9.83. The van der Waals surface area contributed by atoms with Crippen molar-refractivity contribution in [1.82, 2.24) is 0 Å². The normalized spacial score (nSPS) is 24.6. The third kappa shape index (κ3) is 3.15. The Kier molecular flexibility index (Phi) is 3.93. The van der Waals surface area contributed by atoms with Crippen LogP contribution >= 0.6 is 0 Å². The van der Waals surface area contributed by atoms with Crippen LogP contribution in [0.3, 0.4) is 0 Å². The highest BCUT2D eigenvalue weighted by Gasteiger charge is 2.19. The van der Waals surface area contributed by atoms with E-state index in [1.54, 1.807) is 0 Å². The monoisotopic (exact) mass is 233 g/mol. The van der Waals surface area contributed by atoms with E-state index in [0.717, 1.165) is 29.5 Å². The summed E-state index contributed by atoms with van der Waals surface area (Å²) in [5.74, 6) is 2.41. The number of aryl methyl sites for hydroxylation is 1. The van der Waals surface area contributed by atoms with Crippen molar-refractivity contribution in [3.63, 3.8) is 0 Å². The van der Waals surface area contributed by atoms with Gasteiger partial charge in [-0.15, -0.1) is 0 Å². The molecule has 17 heavy (non-hydrogen) atoms. The zero-order valence-corrected chi connectivity index (χ0v) is 10.9. The van der Waals surface area contributed by atoms with Gasteiger partial charge in [0.2, 0.25) is 0 Å². The molecule has 0 aromatic heterocycles. The number of nitrogens with two attached hydrogens (primary N) is 1. The summed E-state index contributed by atoms with van der Waals surface area (Å²) in [4.78, 5) is 0. The third-order valence-electron chi connectivity index (χ3n) is 3.80. The Morgan fingerprint density at radius 1 is 1.35 bits per heavy atom. The van der Waals surface area contributed by atoms with Crippen molar-refractivity contribution in [3.8, 4) is 5.75 Å². The van der Waals surface area contributed by atoms with Gasteiger partial charge in [-0.1, -0.05) is 31.9 Å². The number of hydrogen-bond donors (Lipinski definition) is 1. The Labute approximate surface area is 104 Å². The summed E-state index contributed by atoms with van der Waals surface area (Å²) < 4.78 is 5.88. The fourth-order valence-corrected chi connectivity index (χ4v) is 2.70. The number of ether oxygens (including phenoxy) is 1. The molecule has 2 heteroatoms. The summed E-state index contributed by atoms with van der Waals surface area (Å²) in [6.45, 7) is 5.18. The quantitative estimate of drug-likeness (QED) is 0.806. The maximum Gasteiger partial charge on any atom is 0.142 e. The summed E-state index contributed by atoms with van der Waals surface area (Å²) >= 11 is 0. The van der Waals surface area contributed by atoms with E-state index in [1.165, 1.54) is 25.7 Å². The molecule has 0 radical (unpaired) electrons. The highest BCUT2D eigenvalue weighted by molar-refractivity contribution is 5.57. The molecule has 2 atom stereocenters. The van der Waals surface area contributed by atoms with Crippen molar-refractivity contribution in [1.29, 1.82) is 0 Å². The molecule has 0 bridgehead atoms. The van der Waals surface area contributed by atoms with Gasteiger partial charge in [0.15, 0.2) is 0 Å². The van der Waals surface area contributed by atoms with Crippen molar-refractivity contribution in [2.24, 2.45) is 11.8 Å². The first-order valence-corrected chi connectivity index (χ1v) is 6.64. The number of hydrogen-bond acceptors (Lipinski definition) is 2. The van der Waals surface area contributed by atoms with E-state index in [-0.39, 0.29) is 0 Å². The molecule has 0 amide bonds. The van der Waals surface area contributed by atoms with Crippen LogP contribution < -0.4 is 10.5 Å². The maximum atomic E-state index is 6.00. The maximum absolute atomic E-state index is 6.00. The first kappa shape index (κ1) is 12.3. The Morgan fingerprint density at radius 2 is 2.18 bits per heavy atom. The van der Waals surface area contributed by atoms with Crippen LogP contribution in [0.1, 0.15) is 38.2 Å². The van der Waals surface area contributed by atoms with Gasteiger partial charge in [0.1, 0.15) is 5.75 Å². The van der Waals surface area contributed by atoms with Gasteiger partial charge in [0, 0.05) is 0 Å². The average Bonchev–Trinajstić information content (AvgIpc) is 2.31. The van der Waals surface area contributed by atoms with Crippen molar-refractivity contribution in [2.75, 3.05) is 12.3 Å². The zero-order chi connectivity index (χ0) is 12.3. The third-order valence-corrected chi connectivity index (χ3v) is 3.80. The minimum absolute atomic E-state index is 0.707. The van der Waals surface area contributed by atoms with E-state index in [0.29, 0.717) is 5.92 Å². The zero-order valence-electron chi connectivity index (χ0n) is 10.9. The molecule has 1 fully saturated rings. The molecule has 2 nitrogen and oxygen atoms in total. The van der Waals surface area contributed by atoms with E-state index in [2.05, 4.69) is 6.92 Å². The Balaban J connectivity index is 1.91. The molecule has 0 aliphatic heterocycles. The van der Waals surface area contributed by atoms with Gasteiger partial charge in [-0.2, -0.15) is 0 Å². The van der Waals surface area contributed by atoms with Crippen LogP contribution in [0.15, 0.2) is 18.2 Å². The van der Waals surface area contributed by atoms with Gasteiger partial charge in [0.25, 0.3) is 0 Å². The van der Waals surface area contributed by atoms with Crippen molar-refractivity contribution in [3.05, 3.63) is 23.8 Å². The number of para-hydroxylation sites is 1. The van der Waals surface area contributed by atoms with Crippen LogP contribution in [0.4, 0.5) is 5.69 Å². The van der Waals surface area contributed by atoms with Gasteiger partial charge in [-0.05, 0) is 43.2 Å². The molecule has 1 aliphatic rings. The van der Waals surface area contributed by atoms with Gasteiger partial charge in [-0.25, -0.2) is 0 Å². The van der Waals surface area contributed by atoms with E-state index in [9.17, 15) is 0 Å². The van der Waals surface area contributed by atoms with Crippen LogP contribution in [0, 0.1) is 18.8 Å². The van der Waals surface area contributed by atoms with Gasteiger partial charge in [-0.3, -0.25) is 0 Å². The fourth-order valence-electron chi connectivity index (χ4n) is 2.70. The largest absolute Gasteiger partial charge is 0.491 e. The SMILES string of the molecule is Cc1cccc(OCC2CCCC(C)C2)c1N. The van der Waals surface area contributed by atoms with Crippen LogP contribution in [0.2, 0.25) is 0 Å². The number of rotatable bonds is 3. The first-order chi connectivity index (χ1) is 8.16. The molecular formula is C15H23NO. The minimum atomic E-state index is 0.707. The standard InChI is InChI=1S/C15H23NO/c1-11-5-3-7-13(9-11)10-17-14-8-4-6-12(2)15(14)16/h4,6,8,11,13H,3,5,7,9-10,16H2,1-2H3. The second-order valence-corrected chi connectivity index (χ2v) is 5.44. The molecule has 2 N–H and O–H groups in total. The summed E-state index contributed by atoms with van der Waals surface area (Å²) in [7, 11) is 0. The summed E-state index contributed by atoms with van der Waals surface area (Å²) in [5.41, 5.74) is 7.89. The summed E-state index contributed by atoms with van der Waals surface area (Å²) in [5, 5.41) is 0. The lowest BCUT2D eigenvalue weighted by Crippen LogP contribution is -2.20. The molecule has 0 saturated heterocycles. The molecule has 1 aliphatic carbocycles. The fraction of sp³-hybridized carbons (Fsp3) is 0.600. The molecule has 1 saturated carbocycles. The van der Waals surface area contributed by atoms with E-state index < -0.39 is 0 Å². The predicted octanol–water partition coefficient (Wildman–Crippen LogP) is 3.78. The Hall–Kier alpha value is -1.18. The lowest BCUT2D eigenvalue weighted by Gasteiger charge is -2.26. The second kappa shape index (κ2) is 5.44. The number of benzene rings is 1. The van der Waals surface area contributed by atoms with Crippen LogP contribution in [-0.2, 0) is 0 Å². The van der Waals surface area contributed by atoms with Crippen LogP contribution in [0.5, 0.6) is 5.75 Å². The van der Waals surface area contributed by atoms with Crippen molar-refractivity contribution < 1.29 is 4.74 Å². The smallest absolute Gasteiger partial charge is 0.142 e. The number of nitrogen functional groups attached to an aromatic ring is 1. The van der Waals surface area contributed by atoms with Crippen molar-refractivity contribution in [2.45, 2.75) is 39.5 Å². The average molecular weight is 233 g/mol. The molecule has 2 rings (SSSR count). The van der Waals surface area contributed by atoms with E-state index in [4.69, 9.17) is 10.5 Å². The van der Waals surface area contributed by atoms with E-state index in [1.807, 2.05) is 25.1 Å². The highest BCUT2D eigenvalue weighted by atomic mass is 16.5. The summed E-state index contributed by atoms with van der Waals surface area (Å²) in [6, 6.07) is 5.99. The van der Waals surface area contributed by atoms with E-state index >= 15 is 0 Å².